The first kappa shape index (κ1) is 18.3. The molecule has 1 N–H and O–H groups in total. The summed E-state index contributed by atoms with van der Waals surface area (Å²) >= 11 is 0. The van der Waals surface area contributed by atoms with Crippen molar-refractivity contribution >= 4 is 11.6 Å². The Morgan fingerprint density at radius 2 is 1.70 bits per heavy atom. The number of rotatable bonds is 6. The number of hydrogen-bond donors (Lipinski definition) is 1. The fraction of sp³-hybridized carbons (Fsp3) is 0.143. The van der Waals surface area contributed by atoms with Gasteiger partial charge in [0.15, 0.2) is 5.75 Å². The van der Waals surface area contributed by atoms with Crippen LogP contribution in [0.3, 0.4) is 0 Å². The molecule has 1 aromatic heterocycles. The summed E-state index contributed by atoms with van der Waals surface area (Å²) in [6, 6.07) is 17.7. The minimum atomic E-state index is -0.380. The van der Waals surface area contributed by atoms with E-state index < -0.39 is 0 Å². The van der Waals surface area contributed by atoms with Crippen molar-refractivity contribution in [1.82, 2.24) is 4.57 Å². The Hall–Kier alpha value is -3.54. The lowest BCUT2D eigenvalue weighted by atomic mass is 10.2. The third-order valence-corrected chi connectivity index (χ3v) is 3.83. The molecule has 1 amide bonds. The predicted molar refractivity (Wildman–Crippen MR) is 104 cm³/mol. The number of ether oxygens (including phenoxy) is 2. The molecule has 6 nitrogen and oxygen atoms in total. The molecule has 0 fully saturated rings. The zero-order valence-electron chi connectivity index (χ0n) is 15.1. The molecule has 0 saturated heterocycles. The smallest absolute Gasteiger partial charge is 0.272 e. The highest BCUT2D eigenvalue weighted by Gasteiger charge is 2.13. The van der Waals surface area contributed by atoms with Crippen LogP contribution in [0.1, 0.15) is 17.4 Å². The molecule has 0 unspecified atom stereocenters. The maximum atomic E-state index is 12.5. The van der Waals surface area contributed by atoms with Gasteiger partial charge in [-0.2, -0.15) is 0 Å². The van der Waals surface area contributed by atoms with Crippen molar-refractivity contribution in [3.63, 3.8) is 0 Å². The van der Waals surface area contributed by atoms with Crippen LogP contribution in [0.4, 0.5) is 5.69 Å². The third kappa shape index (κ3) is 4.55. The number of nitrogens with zero attached hydrogens (tertiary/aromatic N) is 1. The summed E-state index contributed by atoms with van der Waals surface area (Å²) in [5.41, 5.74) is 0.515. The summed E-state index contributed by atoms with van der Waals surface area (Å²) in [6.07, 6.45) is 1.51. The summed E-state index contributed by atoms with van der Waals surface area (Å²) < 4.78 is 12.5. The molecule has 0 aliphatic carbocycles. The molecule has 138 valence electrons. The topological polar surface area (TPSA) is 69.6 Å². The molecule has 6 heteroatoms. The Balaban J connectivity index is 1.71. The number of aromatic nitrogens is 1. The van der Waals surface area contributed by atoms with Gasteiger partial charge in [0.05, 0.1) is 12.8 Å². The van der Waals surface area contributed by atoms with Crippen LogP contribution in [0, 0.1) is 0 Å². The number of amides is 1. The average molecular weight is 364 g/mol. The first-order valence-corrected chi connectivity index (χ1v) is 8.54. The van der Waals surface area contributed by atoms with Gasteiger partial charge in [-0.05, 0) is 43.3 Å². The van der Waals surface area contributed by atoms with E-state index >= 15 is 0 Å². The van der Waals surface area contributed by atoms with Gasteiger partial charge in [-0.1, -0.05) is 18.2 Å². The monoisotopic (exact) mass is 364 g/mol. The normalized spacial score (nSPS) is 10.3. The molecule has 0 atom stereocenters. The molecule has 1 heterocycles. The van der Waals surface area contributed by atoms with E-state index in [9.17, 15) is 9.59 Å². The highest BCUT2D eigenvalue weighted by atomic mass is 16.5. The van der Waals surface area contributed by atoms with Gasteiger partial charge in [0.25, 0.3) is 5.91 Å². The molecule has 0 bridgehead atoms. The van der Waals surface area contributed by atoms with E-state index in [2.05, 4.69) is 5.32 Å². The first-order valence-electron chi connectivity index (χ1n) is 8.54. The molecule has 0 aliphatic rings. The van der Waals surface area contributed by atoms with E-state index in [1.54, 1.807) is 42.8 Å². The molecular weight excluding hydrogens is 344 g/mol. The summed E-state index contributed by atoms with van der Waals surface area (Å²) in [7, 11) is 1.69. The molecule has 0 saturated carbocycles. The van der Waals surface area contributed by atoms with Crippen molar-refractivity contribution in [3.8, 4) is 17.2 Å². The van der Waals surface area contributed by atoms with Crippen molar-refractivity contribution < 1.29 is 14.3 Å². The van der Waals surface area contributed by atoms with Crippen molar-refractivity contribution in [2.24, 2.45) is 7.05 Å². The lowest BCUT2D eigenvalue weighted by Gasteiger charge is -2.12. The zero-order valence-corrected chi connectivity index (χ0v) is 15.1. The highest BCUT2D eigenvalue weighted by Crippen LogP contribution is 2.22. The summed E-state index contributed by atoms with van der Waals surface area (Å²) in [5.74, 6) is 1.24. The summed E-state index contributed by atoms with van der Waals surface area (Å²) in [6.45, 7) is 2.18. The molecular formula is C21H20N2O4. The number of para-hydroxylation sites is 1. The van der Waals surface area contributed by atoms with E-state index in [1.165, 1.54) is 12.3 Å². The van der Waals surface area contributed by atoms with Gasteiger partial charge >= 0.3 is 0 Å². The Morgan fingerprint density at radius 3 is 2.37 bits per heavy atom. The van der Waals surface area contributed by atoms with Crippen LogP contribution in [-0.2, 0) is 7.05 Å². The standard InChI is InChI=1S/C21H20N2O4/c1-3-26-20-14-23(2)18(13-19(20)24)21(25)22-15-9-11-17(12-10-15)27-16-7-5-4-6-8-16/h4-14H,3H2,1-2H3,(H,22,25). The fourth-order valence-electron chi connectivity index (χ4n) is 2.52. The van der Waals surface area contributed by atoms with Crippen LogP contribution >= 0.6 is 0 Å². The van der Waals surface area contributed by atoms with E-state index in [-0.39, 0.29) is 22.8 Å². The third-order valence-electron chi connectivity index (χ3n) is 3.83. The van der Waals surface area contributed by atoms with Gasteiger partial charge < -0.3 is 19.4 Å². The van der Waals surface area contributed by atoms with Crippen molar-refractivity contribution in [3.05, 3.63) is 82.8 Å². The number of hydrogen-bond acceptors (Lipinski definition) is 4. The first-order chi connectivity index (χ1) is 13.1. The van der Waals surface area contributed by atoms with Gasteiger partial charge in [-0.25, -0.2) is 0 Å². The number of benzene rings is 2. The maximum absolute atomic E-state index is 12.5. The number of pyridine rings is 1. The Morgan fingerprint density at radius 1 is 1.04 bits per heavy atom. The van der Waals surface area contributed by atoms with Crippen molar-refractivity contribution in [2.75, 3.05) is 11.9 Å². The second-order valence-corrected chi connectivity index (χ2v) is 5.82. The average Bonchev–Trinajstić information content (AvgIpc) is 2.67. The minimum Gasteiger partial charge on any atom is -0.488 e. The summed E-state index contributed by atoms with van der Waals surface area (Å²) in [4.78, 5) is 24.5. The van der Waals surface area contributed by atoms with Gasteiger partial charge in [0.1, 0.15) is 17.2 Å². The number of nitrogens with one attached hydrogen (secondary N) is 1. The molecule has 0 aliphatic heterocycles. The van der Waals surface area contributed by atoms with E-state index in [0.29, 0.717) is 18.0 Å². The SMILES string of the molecule is CCOc1cn(C)c(C(=O)Nc2ccc(Oc3ccccc3)cc2)cc1=O. The van der Waals surface area contributed by atoms with Crippen LogP contribution < -0.4 is 20.2 Å². The fourth-order valence-corrected chi connectivity index (χ4v) is 2.52. The number of aryl methyl sites for hydroxylation is 1. The van der Waals surface area contributed by atoms with E-state index in [4.69, 9.17) is 9.47 Å². The largest absolute Gasteiger partial charge is 0.488 e. The van der Waals surface area contributed by atoms with Crippen LogP contribution in [-0.4, -0.2) is 17.1 Å². The van der Waals surface area contributed by atoms with Crippen LogP contribution in [0.5, 0.6) is 17.2 Å². The number of carbonyl (C=O) groups is 1. The lowest BCUT2D eigenvalue weighted by molar-refractivity contribution is 0.101. The second-order valence-electron chi connectivity index (χ2n) is 5.82. The Labute approximate surface area is 157 Å². The quantitative estimate of drug-likeness (QED) is 0.722. The van der Waals surface area contributed by atoms with Crippen LogP contribution in [0.2, 0.25) is 0 Å². The molecule has 3 rings (SSSR count). The Kier molecular flexibility index (Phi) is 5.56. The highest BCUT2D eigenvalue weighted by molar-refractivity contribution is 6.03. The number of carbonyl (C=O) groups excluding carboxylic acids is 1. The molecule has 0 spiro atoms. The maximum Gasteiger partial charge on any atom is 0.272 e. The van der Waals surface area contributed by atoms with Gasteiger partial charge in [-0.15, -0.1) is 0 Å². The summed E-state index contributed by atoms with van der Waals surface area (Å²) in [5, 5.41) is 2.77. The molecule has 27 heavy (non-hydrogen) atoms. The number of anilines is 1. The van der Waals surface area contributed by atoms with Crippen molar-refractivity contribution in [2.45, 2.75) is 6.92 Å². The van der Waals surface area contributed by atoms with E-state index in [1.807, 2.05) is 30.3 Å². The molecule has 2 aromatic carbocycles. The van der Waals surface area contributed by atoms with Gasteiger partial charge in [0, 0.05) is 18.8 Å². The lowest BCUT2D eigenvalue weighted by Crippen LogP contribution is -2.21. The Bertz CT molecular complexity index is 979. The van der Waals surface area contributed by atoms with E-state index in [0.717, 1.165) is 5.75 Å². The molecule has 0 radical (unpaired) electrons. The second kappa shape index (κ2) is 8.23. The van der Waals surface area contributed by atoms with Gasteiger partial charge in [0.2, 0.25) is 5.43 Å². The van der Waals surface area contributed by atoms with Crippen molar-refractivity contribution in [1.29, 1.82) is 0 Å². The van der Waals surface area contributed by atoms with Gasteiger partial charge in [-0.3, -0.25) is 9.59 Å². The minimum absolute atomic E-state index is 0.221. The van der Waals surface area contributed by atoms with Crippen LogP contribution in [0.15, 0.2) is 71.7 Å². The predicted octanol–water partition coefficient (Wildman–Crippen LogP) is 3.83. The van der Waals surface area contributed by atoms with Crippen LogP contribution in [0.25, 0.3) is 0 Å². The zero-order chi connectivity index (χ0) is 19.2. The molecule has 3 aromatic rings.